The van der Waals surface area contributed by atoms with Gasteiger partial charge in [0.15, 0.2) is 5.78 Å². The Bertz CT molecular complexity index is 862. The molecule has 0 radical (unpaired) electrons. The van der Waals surface area contributed by atoms with Crippen molar-refractivity contribution in [1.82, 2.24) is 4.98 Å². The zero-order chi connectivity index (χ0) is 13.7. The number of carbonyl (C=O) groups is 1. The average Bonchev–Trinajstić information content (AvgIpc) is 2.82. The molecule has 2 aromatic rings. The first-order valence-electron chi connectivity index (χ1n) is 6.51. The molecule has 1 aromatic heterocycles. The third-order valence-corrected chi connectivity index (χ3v) is 3.90. The van der Waals surface area contributed by atoms with Crippen molar-refractivity contribution in [2.45, 2.75) is 12.8 Å². The van der Waals surface area contributed by atoms with E-state index in [2.05, 4.69) is 16.4 Å². The molecule has 0 spiro atoms. The molecular weight excluding hydrogens is 250 g/mol. The van der Waals surface area contributed by atoms with Crippen LogP contribution in [-0.4, -0.2) is 10.8 Å². The molecule has 4 rings (SSSR count). The van der Waals surface area contributed by atoms with E-state index in [-0.39, 0.29) is 5.78 Å². The van der Waals surface area contributed by atoms with E-state index in [0.717, 1.165) is 33.6 Å². The highest BCUT2D eigenvalue weighted by Crippen LogP contribution is 2.36. The average molecular weight is 261 g/mol. The Balaban J connectivity index is 1.89. The molecule has 0 saturated carbocycles. The minimum absolute atomic E-state index is 0.184. The van der Waals surface area contributed by atoms with E-state index in [1.54, 1.807) is 0 Å². The van der Waals surface area contributed by atoms with E-state index in [1.807, 2.05) is 30.4 Å². The number of fused-ring (bicyclic) bond motifs is 3. The summed E-state index contributed by atoms with van der Waals surface area (Å²) < 4.78 is 0. The summed E-state index contributed by atoms with van der Waals surface area (Å²) in [5.41, 5.74) is 4.40. The van der Waals surface area contributed by atoms with Gasteiger partial charge in [0, 0.05) is 40.6 Å². The summed E-state index contributed by atoms with van der Waals surface area (Å²) in [5.74, 6) is 1.11. The Hall–Kier alpha value is -2.80. The lowest BCUT2D eigenvalue weighted by atomic mass is 9.91. The highest BCUT2D eigenvalue weighted by Gasteiger charge is 2.25. The molecule has 1 aliphatic carbocycles. The summed E-state index contributed by atoms with van der Waals surface area (Å²) in [6.07, 6.45) is 4.98. The van der Waals surface area contributed by atoms with E-state index >= 15 is 0 Å². The van der Waals surface area contributed by atoms with Crippen molar-refractivity contribution >= 4 is 22.5 Å². The number of nitriles is 1. The summed E-state index contributed by atoms with van der Waals surface area (Å²) in [6.45, 7) is 0. The van der Waals surface area contributed by atoms with Crippen molar-refractivity contribution in [3.63, 3.8) is 0 Å². The van der Waals surface area contributed by atoms with Gasteiger partial charge in [-0.05, 0) is 18.2 Å². The quantitative estimate of drug-likeness (QED) is 0.766. The van der Waals surface area contributed by atoms with Crippen LogP contribution in [0, 0.1) is 11.3 Å². The number of H-pyrrole nitrogens is 1. The highest BCUT2D eigenvalue weighted by molar-refractivity contribution is 6.03. The van der Waals surface area contributed by atoms with Crippen LogP contribution < -0.4 is 5.32 Å². The number of allylic oxidation sites excluding steroid dienone is 3. The zero-order valence-corrected chi connectivity index (χ0v) is 10.7. The van der Waals surface area contributed by atoms with E-state index in [1.165, 1.54) is 0 Å². The Morgan fingerprint density at radius 3 is 3.05 bits per heavy atom. The van der Waals surface area contributed by atoms with Crippen LogP contribution in [0.5, 0.6) is 0 Å². The van der Waals surface area contributed by atoms with E-state index in [4.69, 9.17) is 5.26 Å². The van der Waals surface area contributed by atoms with Gasteiger partial charge >= 0.3 is 0 Å². The maximum atomic E-state index is 12.0. The number of carbonyl (C=O) groups excluding carboxylic acids is 1. The first-order valence-corrected chi connectivity index (χ1v) is 6.51. The minimum atomic E-state index is 0.184. The zero-order valence-electron chi connectivity index (χ0n) is 10.7. The van der Waals surface area contributed by atoms with Crippen LogP contribution in [0.1, 0.15) is 17.5 Å². The second-order valence-corrected chi connectivity index (χ2v) is 5.07. The summed E-state index contributed by atoms with van der Waals surface area (Å²) in [7, 11) is 0. The maximum Gasteiger partial charge on any atom is 0.165 e. The third kappa shape index (κ3) is 1.44. The Morgan fingerprint density at radius 1 is 1.30 bits per heavy atom. The van der Waals surface area contributed by atoms with Gasteiger partial charge in [0.05, 0.1) is 11.6 Å². The molecule has 20 heavy (non-hydrogen) atoms. The third-order valence-electron chi connectivity index (χ3n) is 3.90. The Morgan fingerprint density at radius 2 is 2.20 bits per heavy atom. The molecule has 0 atom stereocenters. The van der Waals surface area contributed by atoms with Gasteiger partial charge in [0.25, 0.3) is 0 Å². The number of hydrogen-bond donors (Lipinski definition) is 2. The van der Waals surface area contributed by atoms with Crippen molar-refractivity contribution in [2.24, 2.45) is 0 Å². The number of Topliss-reactive ketones (excluding diaryl/α,β-unsaturated/α-hetero) is 1. The van der Waals surface area contributed by atoms with Crippen molar-refractivity contribution in [3.05, 3.63) is 52.7 Å². The summed E-state index contributed by atoms with van der Waals surface area (Å²) in [4.78, 5) is 15.3. The molecule has 4 nitrogen and oxygen atoms in total. The maximum absolute atomic E-state index is 12.0. The first kappa shape index (κ1) is 11.1. The molecule has 0 unspecified atom stereocenters. The summed E-state index contributed by atoms with van der Waals surface area (Å²) in [6, 6.07) is 7.73. The first-order chi connectivity index (χ1) is 9.76. The van der Waals surface area contributed by atoms with Gasteiger partial charge in [-0.3, -0.25) is 4.79 Å². The van der Waals surface area contributed by atoms with Crippen LogP contribution in [-0.2, 0) is 11.2 Å². The van der Waals surface area contributed by atoms with Crippen molar-refractivity contribution in [2.75, 3.05) is 5.32 Å². The molecule has 0 fully saturated rings. The number of benzene rings is 1. The van der Waals surface area contributed by atoms with Gasteiger partial charge in [-0.2, -0.15) is 5.26 Å². The topological polar surface area (TPSA) is 68.7 Å². The lowest BCUT2D eigenvalue weighted by molar-refractivity contribution is -0.115. The molecule has 0 saturated heterocycles. The molecule has 0 amide bonds. The summed E-state index contributed by atoms with van der Waals surface area (Å²) in [5, 5.41) is 13.3. The molecular formula is C16H11N3O. The largest absolute Gasteiger partial charge is 0.341 e. The molecule has 1 aliphatic heterocycles. The van der Waals surface area contributed by atoms with Gasteiger partial charge in [-0.1, -0.05) is 12.1 Å². The normalized spacial score (nSPS) is 16.6. The van der Waals surface area contributed by atoms with Crippen molar-refractivity contribution in [3.8, 4) is 6.07 Å². The number of aromatic amines is 1. The number of rotatable bonds is 0. The Kier molecular flexibility index (Phi) is 2.13. The van der Waals surface area contributed by atoms with E-state index in [9.17, 15) is 4.79 Å². The van der Waals surface area contributed by atoms with Crippen molar-refractivity contribution in [1.29, 1.82) is 5.26 Å². The molecule has 2 heterocycles. The second-order valence-electron chi connectivity index (χ2n) is 5.07. The highest BCUT2D eigenvalue weighted by atomic mass is 16.1. The van der Waals surface area contributed by atoms with E-state index in [0.29, 0.717) is 18.4 Å². The van der Waals surface area contributed by atoms with Gasteiger partial charge in [0.2, 0.25) is 0 Å². The fourth-order valence-electron chi connectivity index (χ4n) is 2.90. The van der Waals surface area contributed by atoms with Gasteiger partial charge in [-0.15, -0.1) is 0 Å². The van der Waals surface area contributed by atoms with E-state index < -0.39 is 0 Å². The summed E-state index contributed by atoms with van der Waals surface area (Å²) >= 11 is 0. The predicted octanol–water partition coefficient (Wildman–Crippen LogP) is 2.79. The van der Waals surface area contributed by atoms with Crippen LogP contribution in [0.15, 0.2) is 41.6 Å². The molecule has 1 aromatic carbocycles. The number of hydrogen-bond acceptors (Lipinski definition) is 3. The molecule has 2 aliphatic rings. The second kappa shape index (κ2) is 3.84. The SMILES string of the molecule is N#Cc1ccc2c3c([nH]c2c1)NC1=C(C3)C(=O)CC=C1. The standard InChI is InChI=1S/C16H11N3O/c17-8-9-4-5-10-11-7-12-13(2-1-3-15(12)20)18-16(11)19-14(10)6-9/h1-2,4-6,18-19H,3,7H2. The number of nitrogens with one attached hydrogen (secondary N) is 2. The lowest BCUT2D eigenvalue weighted by Gasteiger charge is -2.22. The number of aromatic nitrogens is 1. The van der Waals surface area contributed by atoms with Gasteiger partial charge in [-0.25, -0.2) is 0 Å². The molecule has 4 heteroatoms. The van der Waals surface area contributed by atoms with Gasteiger partial charge < -0.3 is 10.3 Å². The van der Waals surface area contributed by atoms with Crippen LogP contribution in [0.4, 0.5) is 5.82 Å². The van der Waals surface area contributed by atoms with Crippen LogP contribution in [0.3, 0.4) is 0 Å². The predicted molar refractivity (Wildman–Crippen MR) is 76.1 cm³/mol. The minimum Gasteiger partial charge on any atom is -0.341 e. The van der Waals surface area contributed by atoms with Gasteiger partial charge in [0.1, 0.15) is 5.82 Å². The monoisotopic (exact) mass is 261 g/mol. The van der Waals surface area contributed by atoms with Crippen molar-refractivity contribution < 1.29 is 4.79 Å². The number of anilines is 1. The van der Waals surface area contributed by atoms with Crippen LogP contribution in [0.2, 0.25) is 0 Å². The fraction of sp³-hybridized carbons (Fsp3) is 0.125. The molecule has 2 N–H and O–H groups in total. The fourth-order valence-corrected chi connectivity index (χ4v) is 2.90. The van der Waals surface area contributed by atoms with Crippen LogP contribution >= 0.6 is 0 Å². The lowest BCUT2D eigenvalue weighted by Crippen LogP contribution is -2.19. The molecule has 96 valence electrons. The number of ketones is 1. The Labute approximate surface area is 115 Å². The van der Waals surface area contributed by atoms with Crippen LogP contribution in [0.25, 0.3) is 10.9 Å². The molecule has 0 bridgehead atoms. The number of nitrogens with zero attached hydrogens (tertiary/aromatic N) is 1. The smallest absolute Gasteiger partial charge is 0.165 e.